The Bertz CT molecular complexity index is 718. The van der Waals surface area contributed by atoms with E-state index in [1.807, 2.05) is 6.07 Å². The number of hydrogen-bond acceptors (Lipinski definition) is 4. The number of sulfone groups is 1. The summed E-state index contributed by atoms with van der Waals surface area (Å²) in [4.78, 5) is 4.33. The summed E-state index contributed by atoms with van der Waals surface area (Å²) in [5.41, 5.74) is 1.34. The van der Waals surface area contributed by atoms with Gasteiger partial charge in [0.1, 0.15) is 4.60 Å². The number of hydrogen-bond donors (Lipinski definition) is 1. The highest BCUT2D eigenvalue weighted by molar-refractivity contribution is 9.10. The van der Waals surface area contributed by atoms with Crippen LogP contribution in [0.15, 0.2) is 46.0 Å². The van der Waals surface area contributed by atoms with Crippen molar-refractivity contribution in [3.05, 3.63) is 51.7 Å². The Morgan fingerprint density at radius 2 is 2.05 bits per heavy atom. The van der Waals surface area contributed by atoms with Gasteiger partial charge in [-0.3, -0.25) is 0 Å². The zero-order valence-corrected chi connectivity index (χ0v) is 13.8. The van der Waals surface area contributed by atoms with Gasteiger partial charge in [-0.05, 0) is 40.2 Å². The molecule has 0 unspecified atom stereocenters. The third-order valence-electron chi connectivity index (χ3n) is 2.67. The summed E-state index contributed by atoms with van der Waals surface area (Å²) in [5, 5.41) is 3.53. The number of aromatic nitrogens is 1. The number of pyridine rings is 1. The monoisotopic (exact) mass is 374 g/mol. The molecule has 20 heavy (non-hydrogen) atoms. The van der Waals surface area contributed by atoms with E-state index in [-0.39, 0.29) is 4.90 Å². The molecule has 0 atom stereocenters. The van der Waals surface area contributed by atoms with Crippen LogP contribution in [-0.2, 0) is 16.4 Å². The minimum Gasteiger partial charge on any atom is -0.380 e. The molecule has 2 rings (SSSR count). The van der Waals surface area contributed by atoms with E-state index in [1.54, 1.807) is 30.5 Å². The first kappa shape index (κ1) is 15.3. The number of nitrogens with one attached hydrogen (secondary N) is 1. The summed E-state index contributed by atoms with van der Waals surface area (Å²) >= 11 is 9.35. The van der Waals surface area contributed by atoms with Crippen LogP contribution in [0.5, 0.6) is 0 Å². The molecule has 0 radical (unpaired) electrons. The van der Waals surface area contributed by atoms with Crippen LogP contribution in [0, 0.1) is 0 Å². The van der Waals surface area contributed by atoms with Gasteiger partial charge >= 0.3 is 0 Å². The lowest BCUT2D eigenvalue weighted by atomic mass is 10.2. The van der Waals surface area contributed by atoms with Crippen LogP contribution in [-0.4, -0.2) is 19.7 Å². The predicted molar refractivity (Wildman–Crippen MR) is 83.8 cm³/mol. The van der Waals surface area contributed by atoms with Gasteiger partial charge in [-0.25, -0.2) is 13.4 Å². The largest absolute Gasteiger partial charge is 0.380 e. The van der Waals surface area contributed by atoms with E-state index >= 15 is 0 Å². The smallest absolute Gasteiger partial charge is 0.175 e. The number of halogens is 2. The molecule has 2 aromatic rings. The van der Waals surface area contributed by atoms with Crippen LogP contribution < -0.4 is 5.32 Å². The van der Waals surface area contributed by atoms with Gasteiger partial charge in [0, 0.05) is 23.4 Å². The van der Waals surface area contributed by atoms with Gasteiger partial charge in [0.05, 0.1) is 16.8 Å². The van der Waals surface area contributed by atoms with Gasteiger partial charge in [0.25, 0.3) is 0 Å². The molecule has 0 aliphatic carbocycles. The Balaban J connectivity index is 2.27. The SMILES string of the molecule is CS(=O)(=O)c1cccc(Cl)c1CNc1ccc(Br)nc1. The molecule has 0 fully saturated rings. The molecule has 0 saturated heterocycles. The second-order valence-corrected chi connectivity index (χ2v) is 7.42. The van der Waals surface area contributed by atoms with Gasteiger partial charge < -0.3 is 5.32 Å². The predicted octanol–water partition coefficient (Wildman–Crippen LogP) is 3.51. The third kappa shape index (κ3) is 3.71. The van der Waals surface area contributed by atoms with Crippen molar-refractivity contribution in [1.82, 2.24) is 4.98 Å². The summed E-state index contributed by atoms with van der Waals surface area (Å²) in [6.45, 7) is 0.311. The van der Waals surface area contributed by atoms with Gasteiger partial charge in [-0.2, -0.15) is 0 Å². The Morgan fingerprint density at radius 1 is 1.30 bits per heavy atom. The molecule has 0 amide bonds. The Morgan fingerprint density at radius 3 is 2.65 bits per heavy atom. The topological polar surface area (TPSA) is 59.1 Å². The maximum Gasteiger partial charge on any atom is 0.175 e. The van der Waals surface area contributed by atoms with E-state index in [4.69, 9.17) is 11.6 Å². The highest BCUT2D eigenvalue weighted by Gasteiger charge is 2.15. The molecule has 1 aromatic heterocycles. The zero-order valence-electron chi connectivity index (χ0n) is 10.6. The van der Waals surface area contributed by atoms with E-state index < -0.39 is 9.84 Å². The molecule has 7 heteroatoms. The van der Waals surface area contributed by atoms with E-state index in [9.17, 15) is 8.42 Å². The fourth-order valence-corrected chi connectivity index (χ4v) is 3.22. The maximum absolute atomic E-state index is 11.8. The average molecular weight is 376 g/mol. The molecule has 1 aromatic carbocycles. The summed E-state index contributed by atoms with van der Waals surface area (Å²) in [6, 6.07) is 8.50. The van der Waals surface area contributed by atoms with Crippen LogP contribution in [0.1, 0.15) is 5.56 Å². The summed E-state index contributed by atoms with van der Waals surface area (Å²) in [6.07, 6.45) is 2.82. The molecule has 106 valence electrons. The lowest BCUT2D eigenvalue weighted by Crippen LogP contribution is -2.08. The molecule has 4 nitrogen and oxygen atoms in total. The minimum atomic E-state index is -3.31. The van der Waals surface area contributed by atoms with Crippen LogP contribution in [0.25, 0.3) is 0 Å². The van der Waals surface area contributed by atoms with Crippen molar-refractivity contribution in [3.63, 3.8) is 0 Å². The fraction of sp³-hybridized carbons (Fsp3) is 0.154. The quantitative estimate of drug-likeness (QED) is 0.831. The lowest BCUT2D eigenvalue weighted by Gasteiger charge is -2.12. The van der Waals surface area contributed by atoms with Crippen molar-refractivity contribution in [2.24, 2.45) is 0 Å². The van der Waals surface area contributed by atoms with Gasteiger partial charge in [0.2, 0.25) is 0 Å². The van der Waals surface area contributed by atoms with Crippen LogP contribution in [0.3, 0.4) is 0 Å². The maximum atomic E-state index is 11.8. The van der Waals surface area contributed by atoms with Gasteiger partial charge in [-0.15, -0.1) is 0 Å². The zero-order chi connectivity index (χ0) is 14.8. The highest BCUT2D eigenvalue weighted by Crippen LogP contribution is 2.25. The van der Waals surface area contributed by atoms with Crippen molar-refractivity contribution in [2.45, 2.75) is 11.4 Å². The first-order valence-corrected chi connectivity index (χ1v) is 8.77. The van der Waals surface area contributed by atoms with Gasteiger partial charge in [-0.1, -0.05) is 17.7 Å². The lowest BCUT2D eigenvalue weighted by molar-refractivity contribution is 0.601. The van der Waals surface area contributed by atoms with Gasteiger partial charge in [0.15, 0.2) is 9.84 Å². The van der Waals surface area contributed by atoms with E-state index in [1.165, 1.54) is 6.26 Å². The molecule has 0 spiro atoms. The molecule has 0 bridgehead atoms. The molecular formula is C13H12BrClN2O2S. The molecule has 0 aliphatic rings. The van der Waals surface area contributed by atoms with Crippen molar-refractivity contribution in [3.8, 4) is 0 Å². The first-order valence-electron chi connectivity index (χ1n) is 5.71. The second-order valence-electron chi connectivity index (χ2n) is 4.21. The van der Waals surface area contributed by atoms with Crippen molar-refractivity contribution < 1.29 is 8.42 Å². The van der Waals surface area contributed by atoms with Crippen molar-refractivity contribution >= 4 is 43.1 Å². The number of anilines is 1. The normalized spacial score (nSPS) is 11.3. The number of rotatable bonds is 4. The number of benzene rings is 1. The Kier molecular flexibility index (Phi) is 4.67. The Labute approximate surface area is 131 Å². The molecule has 0 saturated carbocycles. The van der Waals surface area contributed by atoms with Crippen LogP contribution in [0.4, 0.5) is 5.69 Å². The summed E-state index contributed by atoms with van der Waals surface area (Å²) in [5.74, 6) is 0. The molecule has 1 heterocycles. The van der Waals surface area contributed by atoms with E-state index in [0.717, 1.165) is 10.3 Å². The Hall–Kier alpha value is -1.11. The number of nitrogens with zero attached hydrogens (tertiary/aromatic N) is 1. The average Bonchev–Trinajstić information content (AvgIpc) is 2.38. The minimum absolute atomic E-state index is 0.238. The fourth-order valence-electron chi connectivity index (χ4n) is 1.73. The molecule has 0 aliphatic heterocycles. The molecule has 1 N–H and O–H groups in total. The third-order valence-corrected chi connectivity index (χ3v) is 4.68. The first-order chi connectivity index (χ1) is 9.38. The van der Waals surface area contributed by atoms with Crippen molar-refractivity contribution in [2.75, 3.05) is 11.6 Å². The second kappa shape index (κ2) is 6.11. The standard InChI is InChI=1S/C13H12BrClN2O2S/c1-20(18,19)12-4-2-3-11(15)10(12)8-16-9-5-6-13(14)17-7-9/h2-7,16H,8H2,1H3. The van der Waals surface area contributed by atoms with Crippen LogP contribution in [0.2, 0.25) is 5.02 Å². The van der Waals surface area contributed by atoms with Crippen molar-refractivity contribution in [1.29, 1.82) is 0 Å². The van der Waals surface area contributed by atoms with E-state index in [0.29, 0.717) is 17.1 Å². The van der Waals surface area contributed by atoms with Crippen LogP contribution >= 0.6 is 27.5 Å². The molecular weight excluding hydrogens is 364 g/mol. The summed E-state index contributed by atoms with van der Waals surface area (Å²) in [7, 11) is -3.31. The van der Waals surface area contributed by atoms with E-state index in [2.05, 4.69) is 26.2 Å². The summed E-state index contributed by atoms with van der Waals surface area (Å²) < 4.78 is 24.2. The highest BCUT2D eigenvalue weighted by atomic mass is 79.9.